The van der Waals surface area contributed by atoms with Crippen molar-refractivity contribution in [3.05, 3.63) is 64.9 Å². The molecular weight excluding hydrogens is 262 g/mol. The molecule has 3 rings (SSSR count). The van der Waals surface area contributed by atoms with Gasteiger partial charge in [0.05, 0.1) is 13.7 Å². The molecule has 1 aliphatic heterocycles. The first-order valence-corrected chi connectivity index (χ1v) is 7.26. The second-order valence-corrected chi connectivity index (χ2v) is 6.45. The van der Waals surface area contributed by atoms with Gasteiger partial charge in [-0.05, 0) is 30.3 Å². The second kappa shape index (κ2) is 4.86. The minimum atomic E-state index is -0.282. The van der Waals surface area contributed by atoms with Crippen LogP contribution in [0.3, 0.4) is 0 Å². The molecule has 0 aliphatic carbocycles. The second-order valence-electron chi connectivity index (χ2n) is 6.45. The minimum Gasteiger partial charge on any atom is -0.627 e. The summed E-state index contributed by atoms with van der Waals surface area (Å²) in [4.78, 5) is 0. The van der Waals surface area contributed by atoms with Gasteiger partial charge < -0.3 is 14.6 Å². The van der Waals surface area contributed by atoms with Gasteiger partial charge in [0.1, 0.15) is 18.0 Å². The summed E-state index contributed by atoms with van der Waals surface area (Å²) >= 11 is 0. The van der Waals surface area contributed by atoms with E-state index in [0.29, 0.717) is 13.1 Å². The number of nitrogens with zero attached hydrogens (tertiary/aromatic N) is 1. The van der Waals surface area contributed by atoms with E-state index in [1.54, 1.807) is 7.11 Å². The fourth-order valence-corrected chi connectivity index (χ4v) is 3.38. The van der Waals surface area contributed by atoms with E-state index in [-0.39, 0.29) is 10.1 Å². The zero-order valence-electron chi connectivity index (χ0n) is 12.8. The molecule has 0 fully saturated rings. The SMILES string of the molecule is COc1ccc(C[N+]2([O-])CC(C)(C)c3ccccc32)cc1. The molecule has 1 unspecified atom stereocenters. The van der Waals surface area contributed by atoms with Crippen LogP contribution in [0.4, 0.5) is 5.69 Å². The van der Waals surface area contributed by atoms with Gasteiger partial charge in [-0.1, -0.05) is 32.0 Å². The van der Waals surface area contributed by atoms with E-state index in [0.717, 1.165) is 17.0 Å². The van der Waals surface area contributed by atoms with Crippen LogP contribution in [0.1, 0.15) is 25.0 Å². The average Bonchev–Trinajstić information content (AvgIpc) is 2.67. The van der Waals surface area contributed by atoms with Crippen LogP contribution in [0, 0.1) is 5.21 Å². The van der Waals surface area contributed by atoms with E-state index >= 15 is 0 Å². The van der Waals surface area contributed by atoms with Crippen molar-refractivity contribution in [2.75, 3.05) is 13.7 Å². The van der Waals surface area contributed by atoms with Gasteiger partial charge in [0.2, 0.25) is 0 Å². The van der Waals surface area contributed by atoms with Crippen molar-refractivity contribution in [3.8, 4) is 5.75 Å². The summed E-state index contributed by atoms with van der Waals surface area (Å²) in [6.45, 7) is 5.35. The van der Waals surface area contributed by atoms with Gasteiger partial charge in [-0.15, -0.1) is 0 Å². The first-order valence-electron chi connectivity index (χ1n) is 7.26. The molecule has 3 heteroatoms. The zero-order chi connectivity index (χ0) is 15.1. The smallest absolute Gasteiger partial charge is 0.137 e. The molecule has 0 N–H and O–H groups in total. The van der Waals surface area contributed by atoms with Crippen molar-refractivity contribution in [1.29, 1.82) is 0 Å². The van der Waals surface area contributed by atoms with E-state index in [4.69, 9.17) is 4.74 Å². The number of ether oxygens (including phenoxy) is 1. The van der Waals surface area contributed by atoms with Crippen LogP contribution >= 0.6 is 0 Å². The number of hydrogen-bond donors (Lipinski definition) is 0. The molecule has 0 bridgehead atoms. The number of hydroxylamine groups is 2. The minimum absolute atomic E-state index is 0.0786. The molecule has 1 heterocycles. The molecule has 110 valence electrons. The number of hydrogen-bond acceptors (Lipinski definition) is 2. The number of para-hydroxylation sites is 1. The number of methoxy groups -OCH3 is 1. The van der Waals surface area contributed by atoms with E-state index in [9.17, 15) is 5.21 Å². The predicted molar refractivity (Wildman–Crippen MR) is 86.2 cm³/mol. The third-order valence-electron chi connectivity index (χ3n) is 4.32. The maximum atomic E-state index is 13.4. The van der Waals surface area contributed by atoms with Crippen LogP contribution < -0.4 is 9.38 Å². The number of fused-ring (bicyclic) bond motifs is 1. The van der Waals surface area contributed by atoms with Crippen LogP contribution in [0.25, 0.3) is 0 Å². The van der Waals surface area contributed by atoms with Crippen molar-refractivity contribution in [1.82, 2.24) is 4.65 Å². The van der Waals surface area contributed by atoms with Gasteiger partial charge in [-0.25, -0.2) is 0 Å². The quantitative estimate of drug-likeness (QED) is 0.630. The Hall–Kier alpha value is -1.84. The van der Waals surface area contributed by atoms with Crippen LogP contribution in [0.15, 0.2) is 48.5 Å². The van der Waals surface area contributed by atoms with Gasteiger partial charge in [-0.3, -0.25) is 0 Å². The maximum absolute atomic E-state index is 13.4. The molecule has 0 saturated carbocycles. The normalized spacial score (nSPS) is 22.9. The van der Waals surface area contributed by atoms with Gasteiger partial charge in [-0.2, -0.15) is 0 Å². The molecule has 0 radical (unpaired) electrons. The zero-order valence-corrected chi connectivity index (χ0v) is 12.8. The Bertz CT molecular complexity index is 649. The third kappa shape index (κ3) is 2.43. The van der Waals surface area contributed by atoms with Gasteiger partial charge in [0.25, 0.3) is 0 Å². The van der Waals surface area contributed by atoms with Crippen molar-refractivity contribution in [2.24, 2.45) is 0 Å². The summed E-state index contributed by atoms with van der Waals surface area (Å²) in [6, 6.07) is 15.8. The van der Waals surface area contributed by atoms with Crippen LogP contribution in [-0.4, -0.2) is 13.7 Å². The van der Waals surface area contributed by atoms with Crippen LogP contribution in [0.2, 0.25) is 0 Å². The lowest BCUT2D eigenvalue weighted by atomic mass is 9.87. The first kappa shape index (κ1) is 14.1. The molecule has 0 aromatic heterocycles. The molecular formula is C18H21NO2. The van der Waals surface area contributed by atoms with E-state index in [1.807, 2.05) is 42.5 Å². The Labute approximate surface area is 126 Å². The van der Waals surface area contributed by atoms with Gasteiger partial charge >= 0.3 is 0 Å². The molecule has 0 spiro atoms. The Kier molecular flexibility index (Phi) is 3.27. The monoisotopic (exact) mass is 283 g/mol. The largest absolute Gasteiger partial charge is 0.627 e. The van der Waals surface area contributed by atoms with E-state index in [2.05, 4.69) is 19.9 Å². The van der Waals surface area contributed by atoms with Gasteiger partial charge in [0.15, 0.2) is 0 Å². The summed E-state index contributed by atoms with van der Waals surface area (Å²) in [5.41, 5.74) is 3.04. The van der Waals surface area contributed by atoms with Gasteiger partial charge in [0, 0.05) is 16.5 Å². The van der Waals surface area contributed by atoms with Crippen LogP contribution in [-0.2, 0) is 12.0 Å². The molecule has 0 amide bonds. The maximum Gasteiger partial charge on any atom is 0.137 e. The Balaban J connectivity index is 1.94. The third-order valence-corrected chi connectivity index (χ3v) is 4.32. The highest BCUT2D eigenvalue weighted by Crippen LogP contribution is 2.45. The lowest BCUT2D eigenvalue weighted by Gasteiger charge is -2.40. The van der Waals surface area contributed by atoms with Crippen molar-refractivity contribution in [3.63, 3.8) is 0 Å². The Morgan fingerprint density at radius 3 is 2.43 bits per heavy atom. The molecule has 1 atom stereocenters. The highest BCUT2D eigenvalue weighted by molar-refractivity contribution is 5.59. The van der Waals surface area contributed by atoms with Crippen LogP contribution in [0.5, 0.6) is 5.75 Å². The summed E-state index contributed by atoms with van der Waals surface area (Å²) in [7, 11) is 1.65. The van der Waals surface area contributed by atoms with E-state index < -0.39 is 0 Å². The first-order chi connectivity index (χ1) is 9.94. The average molecular weight is 283 g/mol. The van der Waals surface area contributed by atoms with Crippen molar-refractivity contribution in [2.45, 2.75) is 25.8 Å². The Morgan fingerprint density at radius 1 is 1.10 bits per heavy atom. The fraction of sp³-hybridized carbons (Fsp3) is 0.333. The highest BCUT2D eigenvalue weighted by Gasteiger charge is 2.43. The standard InChI is InChI=1S/C18H21NO2/c1-18(2)13-19(20,17-7-5-4-6-16(17)18)12-14-8-10-15(21-3)11-9-14/h4-11H,12-13H2,1-3H3. The lowest BCUT2D eigenvalue weighted by molar-refractivity contribution is 0.332. The molecule has 0 saturated heterocycles. The molecule has 3 nitrogen and oxygen atoms in total. The number of rotatable bonds is 3. The predicted octanol–water partition coefficient (Wildman–Crippen LogP) is 3.99. The van der Waals surface area contributed by atoms with E-state index in [1.165, 1.54) is 5.56 Å². The molecule has 1 aliphatic rings. The topological polar surface area (TPSA) is 32.3 Å². The number of benzene rings is 2. The molecule has 2 aromatic carbocycles. The molecule has 21 heavy (non-hydrogen) atoms. The summed E-state index contributed by atoms with van der Waals surface area (Å²) < 4.78 is 4.89. The molecule has 2 aromatic rings. The lowest BCUT2D eigenvalue weighted by Crippen LogP contribution is -2.43. The van der Waals surface area contributed by atoms with Crippen molar-refractivity contribution < 1.29 is 4.74 Å². The van der Waals surface area contributed by atoms with Crippen molar-refractivity contribution >= 4 is 5.69 Å². The summed E-state index contributed by atoms with van der Waals surface area (Å²) in [6.07, 6.45) is 0. The fourth-order valence-electron chi connectivity index (χ4n) is 3.38. The number of quaternary nitrogens is 1. The highest BCUT2D eigenvalue weighted by atomic mass is 16.5. The Morgan fingerprint density at radius 2 is 1.76 bits per heavy atom. The summed E-state index contributed by atoms with van der Waals surface area (Å²) in [5.74, 6) is 0.818. The summed E-state index contributed by atoms with van der Waals surface area (Å²) in [5, 5.41) is 13.4.